The molecule has 0 bridgehead atoms. The smallest absolute Gasteiger partial charge is 0.329 e. The molecule has 0 atom stereocenters. The van der Waals surface area contributed by atoms with Gasteiger partial charge in [-0.2, -0.15) is 9.41 Å². The molecule has 0 saturated carbocycles. The summed E-state index contributed by atoms with van der Waals surface area (Å²) in [5.74, 6) is -0.799. The minimum absolute atomic E-state index is 0.0255. The molecule has 9 nitrogen and oxygen atoms in total. The third-order valence-corrected chi connectivity index (χ3v) is 8.36. The maximum atomic E-state index is 13.6. The van der Waals surface area contributed by atoms with E-state index < -0.39 is 21.8 Å². The van der Waals surface area contributed by atoms with Crippen molar-refractivity contribution >= 4 is 33.7 Å². The van der Waals surface area contributed by atoms with Gasteiger partial charge in [-0.1, -0.05) is 73.5 Å². The topological polar surface area (TPSA) is 121 Å². The number of anilines is 1. The van der Waals surface area contributed by atoms with Gasteiger partial charge in [0.1, 0.15) is 11.5 Å². The van der Waals surface area contributed by atoms with E-state index in [9.17, 15) is 18.0 Å². The molecule has 1 aromatic heterocycles. The summed E-state index contributed by atoms with van der Waals surface area (Å²) in [5, 5.41) is 6.33. The van der Waals surface area contributed by atoms with Crippen LogP contribution in [-0.4, -0.2) is 30.8 Å². The molecule has 0 radical (unpaired) electrons. The van der Waals surface area contributed by atoms with E-state index in [0.717, 1.165) is 22.3 Å². The Balaban J connectivity index is 1.41. The fraction of sp³-hybridized carbons (Fsp3) is 0.219. The van der Waals surface area contributed by atoms with Crippen LogP contribution in [0.1, 0.15) is 53.5 Å². The maximum Gasteiger partial charge on any atom is 0.329 e. The number of hydrazone groups is 1. The maximum absolute atomic E-state index is 13.6. The molecule has 4 aromatic rings. The molecule has 2 amide bonds. The molecule has 218 valence electrons. The number of rotatable bonds is 10. The SMILES string of the molecule is Cc1ccc(CN(Cc2ccc(/C=N\NC(=O)C(=O)Nc3ccc(C(C)C)cc3)o2)S(=O)(=O)c2ccc(C)cc2)cc1. The normalized spacial score (nSPS) is 11.8. The molecule has 0 fully saturated rings. The summed E-state index contributed by atoms with van der Waals surface area (Å²) < 4.78 is 34.3. The molecule has 42 heavy (non-hydrogen) atoms. The highest BCUT2D eigenvalue weighted by atomic mass is 32.2. The fourth-order valence-corrected chi connectivity index (χ4v) is 5.44. The molecule has 2 N–H and O–H groups in total. The lowest BCUT2D eigenvalue weighted by atomic mass is 10.0. The Hall–Kier alpha value is -4.54. The quantitative estimate of drug-likeness (QED) is 0.144. The van der Waals surface area contributed by atoms with Crippen LogP contribution in [0.3, 0.4) is 0 Å². The Morgan fingerprint density at radius 3 is 2.07 bits per heavy atom. The highest BCUT2D eigenvalue weighted by Gasteiger charge is 2.26. The zero-order chi connectivity index (χ0) is 30.3. The van der Waals surface area contributed by atoms with Gasteiger partial charge in [0, 0.05) is 12.2 Å². The van der Waals surface area contributed by atoms with Crippen molar-refractivity contribution in [3.8, 4) is 0 Å². The van der Waals surface area contributed by atoms with E-state index in [4.69, 9.17) is 4.42 Å². The van der Waals surface area contributed by atoms with Gasteiger partial charge in [-0.05, 0) is 67.3 Å². The average molecular weight is 587 g/mol. The minimum Gasteiger partial charge on any atom is -0.459 e. The highest BCUT2D eigenvalue weighted by Crippen LogP contribution is 2.23. The third kappa shape index (κ3) is 8.02. The number of nitrogens with zero attached hydrogens (tertiary/aromatic N) is 2. The van der Waals surface area contributed by atoms with E-state index in [1.165, 1.54) is 10.5 Å². The van der Waals surface area contributed by atoms with Gasteiger partial charge in [0.05, 0.1) is 17.7 Å². The largest absolute Gasteiger partial charge is 0.459 e. The first kappa shape index (κ1) is 30.4. The summed E-state index contributed by atoms with van der Waals surface area (Å²) >= 11 is 0. The second kappa shape index (κ2) is 13.4. The fourth-order valence-electron chi connectivity index (χ4n) is 4.05. The predicted octanol–water partition coefficient (Wildman–Crippen LogP) is 5.50. The third-order valence-electron chi connectivity index (χ3n) is 6.55. The lowest BCUT2D eigenvalue weighted by molar-refractivity contribution is -0.136. The molecule has 0 aliphatic heterocycles. The van der Waals surface area contributed by atoms with E-state index in [1.54, 1.807) is 48.5 Å². The predicted molar refractivity (Wildman–Crippen MR) is 162 cm³/mol. The molecular weight excluding hydrogens is 552 g/mol. The lowest BCUT2D eigenvalue weighted by Gasteiger charge is -2.21. The number of nitrogens with one attached hydrogen (secondary N) is 2. The van der Waals surface area contributed by atoms with Crippen LogP contribution in [0, 0.1) is 13.8 Å². The second-order valence-corrected chi connectivity index (χ2v) is 12.2. The van der Waals surface area contributed by atoms with E-state index in [2.05, 4.69) is 29.7 Å². The standard InChI is InChI=1S/C32H34N4O5S/c1-22(2)26-11-13-27(14-12-26)34-31(37)32(38)35-33-19-28-15-16-29(41-28)21-36(20-25-9-5-23(3)6-10-25)42(39,40)30-17-7-24(4)8-18-30/h5-19,22H,20-21H2,1-4H3,(H,34,37)(H,35,38)/b33-19-. The van der Waals surface area contributed by atoms with E-state index in [1.807, 2.05) is 50.2 Å². The monoisotopic (exact) mass is 586 g/mol. The minimum atomic E-state index is -3.85. The van der Waals surface area contributed by atoms with Crippen molar-refractivity contribution in [2.24, 2.45) is 5.10 Å². The second-order valence-electron chi connectivity index (χ2n) is 10.3. The Bertz CT molecular complexity index is 1660. The van der Waals surface area contributed by atoms with Crippen LogP contribution in [0.4, 0.5) is 5.69 Å². The summed E-state index contributed by atoms with van der Waals surface area (Å²) in [7, 11) is -3.85. The van der Waals surface area contributed by atoms with Crippen molar-refractivity contribution in [2.75, 3.05) is 5.32 Å². The van der Waals surface area contributed by atoms with Crippen molar-refractivity contribution in [2.45, 2.75) is 51.6 Å². The molecule has 0 saturated heterocycles. The number of amides is 2. The van der Waals surface area contributed by atoms with Crippen LogP contribution in [0.2, 0.25) is 0 Å². The van der Waals surface area contributed by atoms with E-state index in [0.29, 0.717) is 17.4 Å². The highest BCUT2D eigenvalue weighted by molar-refractivity contribution is 7.89. The zero-order valence-electron chi connectivity index (χ0n) is 24.0. The molecule has 4 rings (SSSR count). The number of benzene rings is 3. The van der Waals surface area contributed by atoms with E-state index >= 15 is 0 Å². The summed E-state index contributed by atoms with van der Waals surface area (Å²) in [4.78, 5) is 24.6. The Morgan fingerprint density at radius 2 is 1.45 bits per heavy atom. The number of carbonyl (C=O) groups excluding carboxylic acids is 2. The summed E-state index contributed by atoms with van der Waals surface area (Å²) in [6.07, 6.45) is 1.24. The van der Waals surface area contributed by atoms with Crippen LogP contribution >= 0.6 is 0 Å². The van der Waals surface area contributed by atoms with Gasteiger partial charge in [-0.3, -0.25) is 9.59 Å². The Labute approximate surface area is 246 Å². The van der Waals surface area contributed by atoms with Crippen LogP contribution in [-0.2, 0) is 32.7 Å². The van der Waals surface area contributed by atoms with Gasteiger partial charge in [-0.25, -0.2) is 13.8 Å². The molecule has 0 unspecified atom stereocenters. The van der Waals surface area contributed by atoms with Crippen molar-refractivity contribution < 1.29 is 22.4 Å². The number of furan rings is 1. The van der Waals surface area contributed by atoms with Crippen LogP contribution in [0.15, 0.2) is 99.3 Å². The first-order valence-corrected chi connectivity index (χ1v) is 14.9. The molecule has 10 heteroatoms. The number of hydrogen-bond donors (Lipinski definition) is 2. The number of aryl methyl sites for hydroxylation is 2. The summed E-state index contributed by atoms with van der Waals surface area (Å²) in [6.45, 7) is 8.11. The van der Waals surface area contributed by atoms with E-state index in [-0.39, 0.29) is 23.7 Å². The van der Waals surface area contributed by atoms with Gasteiger partial charge in [0.25, 0.3) is 0 Å². The number of carbonyl (C=O) groups is 2. The average Bonchev–Trinajstić information content (AvgIpc) is 3.41. The van der Waals surface area contributed by atoms with Crippen LogP contribution in [0.25, 0.3) is 0 Å². The zero-order valence-corrected chi connectivity index (χ0v) is 24.8. The van der Waals surface area contributed by atoms with Gasteiger partial charge >= 0.3 is 11.8 Å². The van der Waals surface area contributed by atoms with Crippen molar-refractivity contribution in [1.29, 1.82) is 0 Å². The molecule has 0 aliphatic rings. The van der Waals surface area contributed by atoms with Gasteiger partial charge in [0.15, 0.2) is 0 Å². The number of hydrogen-bond acceptors (Lipinski definition) is 6. The summed E-state index contributed by atoms with van der Waals surface area (Å²) in [5.41, 5.74) is 6.65. The molecule has 0 aliphatic carbocycles. The lowest BCUT2D eigenvalue weighted by Crippen LogP contribution is -2.32. The Morgan fingerprint density at radius 1 is 0.833 bits per heavy atom. The number of sulfonamides is 1. The van der Waals surface area contributed by atoms with Gasteiger partial charge < -0.3 is 9.73 Å². The van der Waals surface area contributed by atoms with Crippen molar-refractivity contribution in [3.63, 3.8) is 0 Å². The van der Waals surface area contributed by atoms with Crippen molar-refractivity contribution in [1.82, 2.24) is 9.73 Å². The Kier molecular flexibility index (Phi) is 9.72. The van der Waals surface area contributed by atoms with Gasteiger partial charge in [0.2, 0.25) is 10.0 Å². The van der Waals surface area contributed by atoms with Gasteiger partial charge in [-0.15, -0.1) is 0 Å². The van der Waals surface area contributed by atoms with Crippen molar-refractivity contribution in [3.05, 3.63) is 119 Å². The van der Waals surface area contributed by atoms with Crippen LogP contribution < -0.4 is 10.7 Å². The van der Waals surface area contributed by atoms with Crippen LogP contribution in [0.5, 0.6) is 0 Å². The molecule has 0 spiro atoms. The molecule has 1 heterocycles. The molecule has 3 aromatic carbocycles. The first-order chi connectivity index (χ1) is 20.0. The molecular formula is C32H34N4O5S. The first-order valence-electron chi connectivity index (χ1n) is 13.5. The summed E-state index contributed by atoms with van der Waals surface area (Å²) in [6, 6.07) is 24.8.